The summed E-state index contributed by atoms with van der Waals surface area (Å²) < 4.78 is 61.6. The highest BCUT2D eigenvalue weighted by atomic mass is 16.8. The predicted molar refractivity (Wildman–Crippen MR) is 163 cm³/mol. The van der Waals surface area contributed by atoms with Crippen molar-refractivity contribution in [3.8, 4) is 0 Å². The fourth-order valence-electron chi connectivity index (χ4n) is 6.91. The predicted octanol–water partition coefficient (Wildman–Crippen LogP) is -10.3. The van der Waals surface area contributed by atoms with E-state index in [4.69, 9.17) is 52.1 Å². The molecule has 14 N–H and O–H groups in total. The quantitative estimate of drug-likeness (QED) is 0.0870. The van der Waals surface area contributed by atoms with Gasteiger partial charge in [0.25, 0.3) is 0 Å². The van der Waals surface area contributed by atoms with Crippen molar-refractivity contribution in [2.45, 2.75) is 148 Å². The summed E-state index contributed by atoms with van der Waals surface area (Å²) in [5, 5.41) is 145. The summed E-state index contributed by atoms with van der Waals surface area (Å²) in [6.45, 7) is -3.43. The van der Waals surface area contributed by atoms with Crippen molar-refractivity contribution in [3.63, 3.8) is 0 Å². The molecule has 24 unspecified atom stereocenters. The maximum Gasteiger partial charge on any atom is 0.187 e. The summed E-state index contributed by atoms with van der Waals surface area (Å²) in [7, 11) is 0. The van der Waals surface area contributed by atoms with Gasteiger partial charge >= 0.3 is 0 Å². The van der Waals surface area contributed by atoms with Crippen molar-refractivity contribution < 1.29 is 124 Å². The Kier molecular flexibility index (Phi) is 14.7. The van der Waals surface area contributed by atoms with Gasteiger partial charge in [0.2, 0.25) is 0 Å². The Morgan fingerprint density at radius 1 is 0.364 bits per heavy atom. The second-order valence-corrected chi connectivity index (χ2v) is 14.0. The van der Waals surface area contributed by atoms with Crippen molar-refractivity contribution in [2.24, 2.45) is 0 Å². The maximum absolute atomic E-state index is 11.6. The first-order chi connectivity index (χ1) is 26.1. The minimum absolute atomic E-state index is 0.447. The Morgan fingerprint density at radius 2 is 0.764 bits per heavy atom. The molecule has 0 amide bonds. The molecule has 0 bridgehead atoms. The van der Waals surface area contributed by atoms with Crippen LogP contribution in [-0.2, 0) is 52.1 Å². The molecule has 6 rings (SSSR count). The number of ether oxygens (including phenoxy) is 11. The Morgan fingerprint density at radius 3 is 1.22 bits per heavy atom. The molecule has 6 aliphatic heterocycles. The molecule has 0 radical (unpaired) electrons. The summed E-state index contributed by atoms with van der Waals surface area (Å²) in [6.07, 6.45) is -39.2. The number of rotatable bonds is 12. The smallest absolute Gasteiger partial charge is 0.187 e. The van der Waals surface area contributed by atoms with Gasteiger partial charge in [0.15, 0.2) is 37.7 Å². The third-order valence-electron chi connectivity index (χ3n) is 10.2. The zero-order valence-corrected chi connectivity index (χ0v) is 28.9. The Labute approximate surface area is 311 Å². The highest BCUT2D eigenvalue weighted by molar-refractivity contribution is 4.96. The van der Waals surface area contributed by atoms with Crippen molar-refractivity contribution in [3.05, 3.63) is 0 Å². The minimum atomic E-state index is -1.93. The fraction of sp³-hybridized carbons (Fsp3) is 1.00. The first-order valence-corrected chi connectivity index (χ1v) is 17.6. The summed E-state index contributed by atoms with van der Waals surface area (Å²) in [5.41, 5.74) is 0. The summed E-state index contributed by atoms with van der Waals surface area (Å²) in [6, 6.07) is 0. The van der Waals surface area contributed by atoms with Gasteiger partial charge < -0.3 is 124 Å². The molecule has 6 heterocycles. The molecule has 6 aliphatic rings. The van der Waals surface area contributed by atoms with E-state index in [0.29, 0.717) is 0 Å². The van der Waals surface area contributed by atoms with E-state index in [2.05, 4.69) is 0 Å². The maximum atomic E-state index is 11.6. The molecule has 6 fully saturated rings. The summed E-state index contributed by atoms with van der Waals surface area (Å²) >= 11 is 0. The van der Waals surface area contributed by atoms with E-state index in [9.17, 15) is 71.5 Å². The number of aliphatic hydroxyl groups excluding tert-OH is 14. The normalized spacial score (nSPS) is 53.8. The molecule has 0 spiro atoms. The van der Waals surface area contributed by atoms with E-state index in [1.54, 1.807) is 0 Å². The van der Waals surface area contributed by atoms with Gasteiger partial charge in [-0.05, 0) is 0 Å². The lowest BCUT2D eigenvalue weighted by Gasteiger charge is -2.46. The SMILES string of the molecule is OCC1OC(OC2C(OC3OCC(OC4OCC(O)C(O)C4O)C(OC4OC(CO)C(O)C4O)C3O)COC(OC3COC(O)C(O)C3O)C2O)C(O)C1O. The van der Waals surface area contributed by atoms with Crippen LogP contribution in [0.4, 0.5) is 0 Å². The molecular weight excluding hydrogens is 760 g/mol. The molecule has 6 saturated heterocycles. The van der Waals surface area contributed by atoms with Gasteiger partial charge in [0.1, 0.15) is 110 Å². The molecule has 25 heteroatoms. The van der Waals surface area contributed by atoms with Crippen LogP contribution in [0, 0.1) is 0 Å². The van der Waals surface area contributed by atoms with E-state index in [-0.39, 0.29) is 0 Å². The highest BCUT2D eigenvalue weighted by Crippen LogP contribution is 2.34. The van der Waals surface area contributed by atoms with E-state index < -0.39 is 187 Å². The average molecular weight is 811 g/mol. The van der Waals surface area contributed by atoms with Gasteiger partial charge in [-0.2, -0.15) is 0 Å². The molecule has 0 aliphatic carbocycles. The van der Waals surface area contributed by atoms with E-state index in [0.717, 1.165) is 0 Å². The zero-order chi connectivity index (χ0) is 39.9. The molecule has 25 nitrogen and oxygen atoms in total. The minimum Gasteiger partial charge on any atom is -0.394 e. The summed E-state index contributed by atoms with van der Waals surface area (Å²) in [5.74, 6) is 0. The fourth-order valence-corrected chi connectivity index (χ4v) is 6.91. The second-order valence-electron chi connectivity index (χ2n) is 14.0. The number of aliphatic hydroxyl groups is 14. The largest absolute Gasteiger partial charge is 0.394 e. The molecular formula is C30H50O25. The van der Waals surface area contributed by atoms with Crippen LogP contribution >= 0.6 is 0 Å². The van der Waals surface area contributed by atoms with Crippen molar-refractivity contribution in [1.29, 1.82) is 0 Å². The molecule has 320 valence electrons. The van der Waals surface area contributed by atoms with Crippen LogP contribution < -0.4 is 0 Å². The van der Waals surface area contributed by atoms with Gasteiger partial charge in [-0.3, -0.25) is 0 Å². The van der Waals surface area contributed by atoms with Crippen LogP contribution in [0.15, 0.2) is 0 Å². The monoisotopic (exact) mass is 810 g/mol. The van der Waals surface area contributed by atoms with Gasteiger partial charge in [-0.1, -0.05) is 0 Å². The third-order valence-corrected chi connectivity index (χ3v) is 10.2. The lowest BCUT2D eigenvalue weighted by molar-refractivity contribution is -0.376. The topological polar surface area (TPSA) is 385 Å². The van der Waals surface area contributed by atoms with Crippen LogP contribution in [0.2, 0.25) is 0 Å². The van der Waals surface area contributed by atoms with Crippen LogP contribution in [-0.4, -0.2) is 259 Å². The summed E-state index contributed by atoms with van der Waals surface area (Å²) in [4.78, 5) is 0. The first-order valence-electron chi connectivity index (χ1n) is 17.6. The standard InChI is InChI=1S/C30H50O25/c31-1-8-14(35)19(40)29(49-8)54-23-11(52-26-18(39)13(34)7(33)3-46-26)5-48-28(22(23)43)53-12-6-47-27(51-10-4-45-25(44)17(38)16(10)37)21(42)24(12)55-30-20(41)15(36)9(2-32)50-30/h7-44H,1-6H2. The molecule has 0 aromatic rings. The average Bonchev–Trinajstić information content (AvgIpc) is 3.60. The molecule has 0 aromatic heterocycles. The van der Waals surface area contributed by atoms with Gasteiger partial charge in [-0.15, -0.1) is 0 Å². The van der Waals surface area contributed by atoms with Gasteiger partial charge in [0, 0.05) is 0 Å². The lowest BCUT2D eigenvalue weighted by atomic mass is 10.0. The zero-order valence-electron chi connectivity index (χ0n) is 28.9. The Balaban J connectivity index is 1.20. The van der Waals surface area contributed by atoms with E-state index in [1.165, 1.54) is 0 Å². The van der Waals surface area contributed by atoms with Crippen LogP contribution in [0.25, 0.3) is 0 Å². The molecule has 0 saturated carbocycles. The molecule has 0 aromatic carbocycles. The van der Waals surface area contributed by atoms with Crippen LogP contribution in [0.3, 0.4) is 0 Å². The van der Waals surface area contributed by atoms with Crippen LogP contribution in [0.5, 0.6) is 0 Å². The molecule has 24 atom stereocenters. The Hall–Kier alpha value is -1.00. The van der Waals surface area contributed by atoms with E-state index >= 15 is 0 Å². The van der Waals surface area contributed by atoms with E-state index in [1.807, 2.05) is 0 Å². The Bertz CT molecular complexity index is 1210. The third kappa shape index (κ3) is 9.11. The number of hydrogen-bond acceptors (Lipinski definition) is 25. The highest BCUT2D eigenvalue weighted by Gasteiger charge is 2.54. The van der Waals surface area contributed by atoms with Crippen molar-refractivity contribution in [2.75, 3.05) is 39.6 Å². The van der Waals surface area contributed by atoms with Crippen molar-refractivity contribution >= 4 is 0 Å². The lowest BCUT2D eigenvalue weighted by Crippen LogP contribution is -2.64. The van der Waals surface area contributed by atoms with Crippen molar-refractivity contribution in [1.82, 2.24) is 0 Å². The van der Waals surface area contributed by atoms with Crippen LogP contribution in [0.1, 0.15) is 0 Å². The second kappa shape index (κ2) is 18.5. The number of hydrogen-bond donors (Lipinski definition) is 14. The van der Waals surface area contributed by atoms with Gasteiger partial charge in [-0.25, -0.2) is 0 Å². The van der Waals surface area contributed by atoms with Gasteiger partial charge in [0.05, 0.1) is 39.6 Å². The molecule has 55 heavy (non-hydrogen) atoms. The first kappa shape index (κ1) is 43.6.